The van der Waals surface area contributed by atoms with Crippen LogP contribution in [-0.4, -0.2) is 0 Å². The fraction of sp³-hybridized carbons (Fsp3) is 0.125. The Hall–Kier alpha value is -0.850. The Morgan fingerprint density at radius 2 is 2.22 bits per heavy atom. The molecule has 0 fully saturated rings. The quantitative estimate of drug-likeness (QED) is 0.538. The first kappa shape index (κ1) is 6.27. The van der Waals surface area contributed by atoms with Crippen molar-refractivity contribution in [3.05, 3.63) is 42.1 Å². The lowest BCUT2D eigenvalue weighted by Crippen LogP contribution is -1.75. The summed E-state index contributed by atoms with van der Waals surface area (Å²) in [5, 5.41) is 0. The lowest BCUT2D eigenvalue weighted by atomic mass is 10.2. The lowest BCUT2D eigenvalue weighted by Gasteiger charge is -1.92. The zero-order valence-corrected chi connectivity index (χ0v) is 5.26. The van der Waals surface area contributed by atoms with Crippen LogP contribution in [0.4, 0.5) is 4.39 Å². The number of halogens is 1. The second-order valence-corrected chi connectivity index (χ2v) is 2.02. The van der Waals surface area contributed by atoms with Crippen molar-refractivity contribution < 1.29 is 4.39 Å². The van der Waals surface area contributed by atoms with Crippen molar-refractivity contribution in [2.45, 2.75) is 6.92 Å². The van der Waals surface area contributed by atoms with E-state index < -0.39 is 0 Å². The van der Waals surface area contributed by atoms with Crippen LogP contribution in [0, 0.1) is 13.6 Å². The van der Waals surface area contributed by atoms with Crippen molar-refractivity contribution in [2.24, 2.45) is 0 Å². The van der Waals surface area contributed by atoms with E-state index in [0.717, 1.165) is 5.56 Å². The fourth-order valence-corrected chi connectivity index (χ4v) is 0.738. The van der Waals surface area contributed by atoms with Crippen molar-refractivity contribution in [3.8, 4) is 0 Å². The molecule has 0 aliphatic carbocycles. The van der Waals surface area contributed by atoms with Gasteiger partial charge in [0.25, 0.3) is 0 Å². The molecular weight excluding hydrogens is 115 g/mol. The molecule has 1 rings (SSSR count). The first-order valence-electron chi connectivity index (χ1n) is 2.83. The molecule has 0 spiro atoms. The fourth-order valence-electron chi connectivity index (χ4n) is 0.738. The van der Waals surface area contributed by atoms with Crippen LogP contribution in [0.2, 0.25) is 0 Å². The Morgan fingerprint density at radius 1 is 1.44 bits per heavy atom. The first-order chi connectivity index (χ1) is 4.33. The molecule has 1 aromatic carbocycles. The van der Waals surface area contributed by atoms with Crippen LogP contribution in [0.1, 0.15) is 11.1 Å². The van der Waals surface area contributed by atoms with Crippen molar-refractivity contribution in [1.82, 2.24) is 0 Å². The molecule has 0 amide bonds. The van der Waals surface area contributed by atoms with Gasteiger partial charge in [0.05, 0.1) is 0 Å². The number of hydrogen-bond donors (Lipinski definition) is 0. The van der Waals surface area contributed by atoms with Crippen molar-refractivity contribution in [2.75, 3.05) is 0 Å². The average molecular weight is 123 g/mol. The van der Waals surface area contributed by atoms with Crippen LogP contribution in [-0.2, 0) is 0 Å². The summed E-state index contributed by atoms with van der Waals surface area (Å²) in [5.74, 6) is 0. The molecule has 47 valence electrons. The van der Waals surface area contributed by atoms with Crippen molar-refractivity contribution in [3.63, 3.8) is 0 Å². The van der Waals surface area contributed by atoms with Gasteiger partial charge in [0.1, 0.15) is 0 Å². The summed E-state index contributed by atoms with van der Waals surface area (Å²) in [6.45, 7) is 2.54. The largest absolute Gasteiger partial charge is 0.239 e. The van der Waals surface area contributed by atoms with Crippen LogP contribution in [0.5, 0.6) is 0 Å². The van der Waals surface area contributed by atoms with Crippen LogP contribution >= 0.6 is 0 Å². The Balaban J connectivity index is 2.94. The Kier molecular flexibility index (Phi) is 1.83. The summed E-state index contributed by atoms with van der Waals surface area (Å²) in [7, 11) is 0. The summed E-state index contributed by atoms with van der Waals surface area (Å²) in [6.07, 6.45) is 0. The lowest BCUT2D eigenvalue weighted by molar-refractivity contribution is 0.646. The number of benzene rings is 1. The molecule has 0 saturated heterocycles. The Labute approximate surface area is 54.3 Å². The SMILES string of the molecule is Cc1cccc([CH]F)c1. The van der Waals surface area contributed by atoms with Gasteiger partial charge in [0.15, 0.2) is 6.67 Å². The highest BCUT2D eigenvalue weighted by molar-refractivity contribution is 5.25. The van der Waals surface area contributed by atoms with Gasteiger partial charge in [-0.15, -0.1) is 0 Å². The van der Waals surface area contributed by atoms with Crippen LogP contribution in [0.25, 0.3) is 0 Å². The van der Waals surface area contributed by atoms with Crippen LogP contribution in [0.15, 0.2) is 24.3 Å². The standard InChI is InChI=1S/C8H8F/c1-7-3-2-4-8(5-7)6-9/h2-6H,1H3. The van der Waals surface area contributed by atoms with E-state index in [2.05, 4.69) is 0 Å². The summed E-state index contributed by atoms with van der Waals surface area (Å²) in [5.41, 5.74) is 1.72. The molecule has 0 aliphatic rings. The molecule has 0 atom stereocenters. The smallest absolute Gasteiger partial charge is 0.160 e. The molecule has 0 aliphatic heterocycles. The maximum Gasteiger partial charge on any atom is 0.160 e. The molecule has 0 nitrogen and oxygen atoms in total. The van der Waals surface area contributed by atoms with E-state index in [1.165, 1.54) is 0 Å². The Bertz CT molecular complexity index is 194. The minimum Gasteiger partial charge on any atom is -0.239 e. The van der Waals surface area contributed by atoms with E-state index >= 15 is 0 Å². The molecule has 9 heavy (non-hydrogen) atoms. The second-order valence-electron chi connectivity index (χ2n) is 2.02. The summed E-state index contributed by atoms with van der Waals surface area (Å²) in [6, 6.07) is 7.29. The normalized spacial score (nSPS) is 9.56. The van der Waals surface area contributed by atoms with Crippen molar-refractivity contribution >= 4 is 0 Å². The highest BCUT2D eigenvalue weighted by Crippen LogP contribution is 2.05. The van der Waals surface area contributed by atoms with E-state index in [1.807, 2.05) is 19.1 Å². The molecule has 0 heterocycles. The van der Waals surface area contributed by atoms with Crippen LogP contribution < -0.4 is 0 Å². The van der Waals surface area contributed by atoms with Gasteiger partial charge in [-0.1, -0.05) is 29.8 Å². The van der Waals surface area contributed by atoms with Gasteiger partial charge in [-0.25, -0.2) is 4.39 Å². The molecule has 0 aromatic heterocycles. The number of aryl methyl sites for hydroxylation is 1. The number of rotatable bonds is 1. The number of hydrogen-bond acceptors (Lipinski definition) is 0. The van der Waals surface area contributed by atoms with E-state index in [9.17, 15) is 4.39 Å². The molecule has 0 bridgehead atoms. The third-order valence-corrected chi connectivity index (χ3v) is 1.17. The third kappa shape index (κ3) is 1.53. The van der Waals surface area contributed by atoms with E-state index in [4.69, 9.17) is 0 Å². The van der Waals surface area contributed by atoms with E-state index in [0.29, 0.717) is 12.2 Å². The monoisotopic (exact) mass is 123 g/mol. The third-order valence-electron chi connectivity index (χ3n) is 1.17. The molecule has 1 aromatic rings. The highest BCUT2D eigenvalue weighted by Gasteiger charge is 1.89. The minimum atomic E-state index is 0.604. The maximum absolute atomic E-state index is 11.8. The highest BCUT2D eigenvalue weighted by atomic mass is 19.1. The van der Waals surface area contributed by atoms with Gasteiger partial charge in [-0.3, -0.25) is 0 Å². The van der Waals surface area contributed by atoms with Gasteiger partial charge in [-0.2, -0.15) is 0 Å². The zero-order chi connectivity index (χ0) is 6.69. The van der Waals surface area contributed by atoms with Gasteiger partial charge < -0.3 is 0 Å². The molecule has 0 saturated carbocycles. The first-order valence-corrected chi connectivity index (χ1v) is 2.83. The van der Waals surface area contributed by atoms with Gasteiger partial charge in [-0.05, 0) is 12.5 Å². The minimum absolute atomic E-state index is 0.604. The molecule has 1 radical (unpaired) electrons. The average Bonchev–Trinajstić information content (AvgIpc) is 1.88. The van der Waals surface area contributed by atoms with Gasteiger partial charge >= 0.3 is 0 Å². The van der Waals surface area contributed by atoms with Gasteiger partial charge in [0, 0.05) is 0 Å². The topological polar surface area (TPSA) is 0 Å². The molecular formula is C8H8F. The summed E-state index contributed by atoms with van der Waals surface area (Å²) in [4.78, 5) is 0. The molecule has 0 unspecified atom stereocenters. The van der Waals surface area contributed by atoms with E-state index in [-0.39, 0.29) is 0 Å². The predicted octanol–water partition coefficient (Wildman–Crippen LogP) is 2.47. The predicted molar refractivity (Wildman–Crippen MR) is 35.7 cm³/mol. The summed E-state index contributed by atoms with van der Waals surface area (Å²) < 4.78 is 11.8. The molecule has 1 heteroatoms. The van der Waals surface area contributed by atoms with Crippen LogP contribution in [0.3, 0.4) is 0 Å². The maximum atomic E-state index is 11.8. The van der Waals surface area contributed by atoms with E-state index in [1.54, 1.807) is 12.1 Å². The second kappa shape index (κ2) is 2.62. The Morgan fingerprint density at radius 3 is 2.67 bits per heavy atom. The van der Waals surface area contributed by atoms with Crippen molar-refractivity contribution in [1.29, 1.82) is 0 Å². The zero-order valence-electron chi connectivity index (χ0n) is 5.26. The summed E-state index contributed by atoms with van der Waals surface area (Å²) >= 11 is 0. The molecule has 0 N–H and O–H groups in total. The van der Waals surface area contributed by atoms with Gasteiger partial charge in [0.2, 0.25) is 0 Å².